The lowest BCUT2D eigenvalue weighted by Crippen LogP contribution is -2.41. The number of carbonyl (C=O) groups is 1. The summed E-state index contributed by atoms with van der Waals surface area (Å²) in [5, 5.41) is 14.7. The fourth-order valence-corrected chi connectivity index (χ4v) is 4.24. The minimum atomic E-state index is -0.578. The van der Waals surface area contributed by atoms with Crippen molar-refractivity contribution in [1.29, 1.82) is 0 Å². The van der Waals surface area contributed by atoms with Gasteiger partial charge in [0.2, 0.25) is 0 Å². The molecule has 1 amide bonds. The third kappa shape index (κ3) is 3.04. The average molecular weight is 372 g/mol. The van der Waals surface area contributed by atoms with Gasteiger partial charge >= 0.3 is 0 Å². The molecule has 26 heavy (non-hydrogen) atoms. The van der Waals surface area contributed by atoms with E-state index in [1.807, 2.05) is 17.5 Å². The van der Waals surface area contributed by atoms with Crippen molar-refractivity contribution in [2.45, 2.75) is 25.0 Å². The summed E-state index contributed by atoms with van der Waals surface area (Å²) in [6, 6.07) is 9.00. The van der Waals surface area contributed by atoms with Crippen LogP contribution < -0.4 is 10.7 Å². The molecule has 1 atom stereocenters. The fraction of sp³-hybridized carbons (Fsp3) is 0.263. The van der Waals surface area contributed by atoms with Crippen molar-refractivity contribution in [1.82, 2.24) is 10.3 Å². The number of rotatable bonds is 4. The highest BCUT2D eigenvalue weighted by Crippen LogP contribution is 2.39. The lowest BCUT2D eigenvalue weighted by atomic mass is 9.76. The van der Waals surface area contributed by atoms with E-state index in [9.17, 15) is 19.1 Å². The molecule has 0 spiro atoms. The zero-order chi connectivity index (χ0) is 18.3. The van der Waals surface area contributed by atoms with Gasteiger partial charge in [-0.15, -0.1) is 11.3 Å². The lowest BCUT2D eigenvalue weighted by molar-refractivity contribution is 0.0240. The Balaban J connectivity index is 1.65. The van der Waals surface area contributed by atoms with Crippen LogP contribution in [0, 0.1) is 11.7 Å². The van der Waals surface area contributed by atoms with E-state index in [4.69, 9.17) is 0 Å². The van der Waals surface area contributed by atoms with Gasteiger partial charge in [-0.25, -0.2) is 4.39 Å². The van der Waals surface area contributed by atoms with Crippen molar-refractivity contribution < 1.29 is 14.3 Å². The van der Waals surface area contributed by atoms with Gasteiger partial charge in [-0.3, -0.25) is 9.59 Å². The zero-order valence-electron chi connectivity index (χ0n) is 13.7. The number of aliphatic hydroxyl groups is 1. The van der Waals surface area contributed by atoms with E-state index in [2.05, 4.69) is 10.3 Å². The summed E-state index contributed by atoms with van der Waals surface area (Å²) < 4.78 is 14.0. The number of nitrogens with one attached hydrogen (secondary N) is 2. The molecule has 7 heteroatoms. The van der Waals surface area contributed by atoms with Crippen molar-refractivity contribution in [3.05, 3.63) is 68.4 Å². The van der Waals surface area contributed by atoms with Crippen molar-refractivity contribution in [2.24, 2.45) is 5.92 Å². The Hall–Kier alpha value is -2.51. The molecule has 1 saturated carbocycles. The number of amides is 1. The van der Waals surface area contributed by atoms with Gasteiger partial charge in [-0.05, 0) is 42.3 Å². The fourth-order valence-electron chi connectivity index (χ4n) is 3.37. The lowest BCUT2D eigenvalue weighted by Gasteiger charge is -2.37. The van der Waals surface area contributed by atoms with Gasteiger partial charge in [0.25, 0.3) is 5.91 Å². The minimum absolute atomic E-state index is 0.0222. The van der Waals surface area contributed by atoms with Crippen molar-refractivity contribution in [2.75, 3.05) is 0 Å². The van der Waals surface area contributed by atoms with Gasteiger partial charge in [0.1, 0.15) is 11.5 Å². The van der Waals surface area contributed by atoms with Gasteiger partial charge in [0.05, 0.1) is 17.7 Å². The number of hydrogen-bond donors (Lipinski definition) is 3. The standard InChI is InChI=1S/C19H17FN2O3S/c20-13-4-1-3-12-15(24)9-14(21-18(12)13)19(25)22-17(10-7-11(23)8-10)16-5-2-6-26-16/h1-6,9-11,17,23H,7-8H2,(H,21,24)(H,22,25)/t10?,11?,17-/m0/s1. The van der Waals surface area contributed by atoms with Crippen LogP contribution in [0.2, 0.25) is 0 Å². The molecule has 2 aromatic heterocycles. The number of H-pyrrole nitrogens is 1. The number of pyridine rings is 1. The molecule has 0 bridgehead atoms. The summed E-state index contributed by atoms with van der Waals surface area (Å²) in [4.78, 5) is 28.7. The first-order valence-electron chi connectivity index (χ1n) is 8.37. The number of halogens is 1. The van der Waals surface area contributed by atoms with Crippen LogP contribution in [-0.4, -0.2) is 22.1 Å². The summed E-state index contributed by atoms with van der Waals surface area (Å²) in [5.41, 5.74) is -0.360. The second-order valence-electron chi connectivity index (χ2n) is 6.56. The molecule has 1 aromatic carbocycles. The summed E-state index contributed by atoms with van der Waals surface area (Å²) in [6.07, 6.45) is 0.895. The smallest absolute Gasteiger partial charge is 0.268 e. The maximum atomic E-state index is 14.0. The van der Waals surface area contributed by atoms with Gasteiger partial charge in [0.15, 0.2) is 5.43 Å². The summed E-state index contributed by atoms with van der Waals surface area (Å²) in [5.74, 6) is -0.908. The molecule has 1 aliphatic carbocycles. The SMILES string of the molecule is O=C(N[C@H](c1cccs1)C1CC(O)C1)c1cc(=O)c2cccc(F)c2[nH]1. The van der Waals surface area contributed by atoms with Crippen LogP contribution in [0.15, 0.2) is 46.6 Å². The molecule has 4 rings (SSSR count). The quantitative estimate of drug-likeness (QED) is 0.658. The van der Waals surface area contributed by atoms with E-state index in [-0.39, 0.29) is 34.7 Å². The molecule has 2 heterocycles. The molecule has 0 aliphatic heterocycles. The molecule has 0 radical (unpaired) electrons. The second-order valence-corrected chi connectivity index (χ2v) is 7.54. The first kappa shape index (κ1) is 16.9. The third-order valence-electron chi connectivity index (χ3n) is 4.82. The first-order chi connectivity index (χ1) is 12.5. The number of fused-ring (bicyclic) bond motifs is 1. The number of para-hydroxylation sites is 1. The number of carbonyl (C=O) groups excluding carboxylic acids is 1. The van der Waals surface area contributed by atoms with Crippen molar-refractivity contribution in [3.8, 4) is 0 Å². The Morgan fingerprint density at radius 3 is 2.81 bits per heavy atom. The number of thiophene rings is 1. The van der Waals surface area contributed by atoms with E-state index in [1.165, 1.54) is 35.6 Å². The maximum absolute atomic E-state index is 14.0. The molecule has 0 unspecified atom stereocenters. The number of aromatic amines is 1. The highest BCUT2D eigenvalue weighted by Gasteiger charge is 2.36. The summed E-state index contributed by atoms with van der Waals surface area (Å²) in [7, 11) is 0. The third-order valence-corrected chi connectivity index (χ3v) is 5.77. The Morgan fingerprint density at radius 1 is 1.31 bits per heavy atom. The number of benzene rings is 1. The molecule has 1 fully saturated rings. The number of aromatic nitrogens is 1. The molecule has 5 nitrogen and oxygen atoms in total. The first-order valence-corrected chi connectivity index (χ1v) is 9.25. The summed E-state index contributed by atoms with van der Waals surface area (Å²) in [6.45, 7) is 0. The van der Waals surface area contributed by atoms with Crippen LogP contribution in [0.4, 0.5) is 4.39 Å². The Labute approximate surface area is 152 Å². The maximum Gasteiger partial charge on any atom is 0.268 e. The van der Waals surface area contributed by atoms with E-state index < -0.39 is 17.2 Å². The van der Waals surface area contributed by atoms with Crippen molar-refractivity contribution >= 4 is 28.1 Å². The van der Waals surface area contributed by atoms with Crippen molar-refractivity contribution in [3.63, 3.8) is 0 Å². The molecule has 134 valence electrons. The van der Waals surface area contributed by atoms with Crippen LogP contribution >= 0.6 is 11.3 Å². The average Bonchev–Trinajstić information content (AvgIpc) is 3.12. The monoisotopic (exact) mass is 372 g/mol. The second kappa shape index (κ2) is 6.66. The highest BCUT2D eigenvalue weighted by molar-refractivity contribution is 7.10. The predicted octanol–water partition coefficient (Wildman–Crippen LogP) is 2.97. The molecule has 3 N–H and O–H groups in total. The molecule has 0 saturated heterocycles. The zero-order valence-corrected chi connectivity index (χ0v) is 14.6. The molecule has 3 aromatic rings. The Morgan fingerprint density at radius 2 is 2.12 bits per heavy atom. The minimum Gasteiger partial charge on any atom is -0.393 e. The normalized spacial score (nSPS) is 20.5. The van der Waals surface area contributed by atoms with Gasteiger partial charge in [-0.2, -0.15) is 0 Å². The largest absolute Gasteiger partial charge is 0.393 e. The van der Waals surface area contributed by atoms with E-state index in [0.717, 1.165) is 4.88 Å². The topological polar surface area (TPSA) is 82.2 Å². The van der Waals surface area contributed by atoms with Crippen LogP contribution in [-0.2, 0) is 0 Å². The molecular formula is C19H17FN2O3S. The summed E-state index contributed by atoms with van der Waals surface area (Å²) >= 11 is 1.53. The van der Waals surface area contributed by atoms with Gasteiger partial charge < -0.3 is 15.4 Å². The van der Waals surface area contributed by atoms with E-state index in [0.29, 0.717) is 12.8 Å². The Kier molecular flexibility index (Phi) is 4.34. The van der Waals surface area contributed by atoms with E-state index in [1.54, 1.807) is 0 Å². The van der Waals surface area contributed by atoms with Crippen LogP contribution in [0.3, 0.4) is 0 Å². The van der Waals surface area contributed by atoms with Gasteiger partial charge in [0, 0.05) is 16.3 Å². The molecular weight excluding hydrogens is 355 g/mol. The van der Waals surface area contributed by atoms with Gasteiger partial charge in [-0.1, -0.05) is 12.1 Å². The Bertz CT molecular complexity index is 1010. The number of hydrogen-bond acceptors (Lipinski definition) is 4. The van der Waals surface area contributed by atoms with Crippen LogP contribution in [0.25, 0.3) is 10.9 Å². The van der Waals surface area contributed by atoms with Crippen LogP contribution in [0.5, 0.6) is 0 Å². The number of aliphatic hydroxyl groups excluding tert-OH is 1. The molecule has 1 aliphatic rings. The van der Waals surface area contributed by atoms with Crippen LogP contribution in [0.1, 0.15) is 34.2 Å². The highest BCUT2D eigenvalue weighted by atomic mass is 32.1. The van der Waals surface area contributed by atoms with E-state index >= 15 is 0 Å². The predicted molar refractivity (Wildman–Crippen MR) is 97.8 cm³/mol.